The summed E-state index contributed by atoms with van der Waals surface area (Å²) in [6.45, 7) is 9.17. The maximum atomic E-state index is 2.31. The van der Waals surface area contributed by atoms with Crippen molar-refractivity contribution in [3.8, 4) is 0 Å². The van der Waals surface area contributed by atoms with Gasteiger partial charge in [-0.15, -0.1) is 8.58 Å². The van der Waals surface area contributed by atoms with Gasteiger partial charge < -0.3 is 0 Å². The highest BCUT2D eigenvalue weighted by molar-refractivity contribution is 7.39. The van der Waals surface area contributed by atoms with E-state index in [4.69, 9.17) is 0 Å². The molecule has 0 saturated heterocycles. The number of hydrogen-bond donors (Lipinski definition) is 0. The fraction of sp³-hybridized carbons (Fsp3) is 1.00. The minimum atomic E-state index is 0.579. The average Bonchev–Trinajstić information content (AvgIpc) is 1.59. The SMILES string of the molecule is CCCPC(C)(C)C. The first-order valence-corrected chi connectivity index (χ1v) is 4.52. The molecule has 0 rings (SSSR count). The van der Waals surface area contributed by atoms with Crippen molar-refractivity contribution in [3.63, 3.8) is 0 Å². The standard InChI is InChI=1S/C7H17P/c1-5-6-8-7(2,3)4/h8H,5-6H2,1-4H3. The molecule has 0 radical (unpaired) electrons. The Morgan fingerprint density at radius 1 is 1.25 bits per heavy atom. The van der Waals surface area contributed by atoms with Gasteiger partial charge in [-0.3, -0.25) is 0 Å². The first-order chi connectivity index (χ1) is 3.56. The normalized spacial score (nSPS) is 13.5. The van der Waals surface area contributed by atoms with Crippen molar-refractivity contribution in [1.82, 2.24) is 0 Å². The van der Waals surface area contributed by atoms with Gasteiger partial charge in [0.05, 0.1) is 0 Å². The summed E-state index contributed by atoms with van der Waals surface area (Å²) in [5.74, 6) is 0. The lowest BCUT2D eigenvalue weighted by molar-refractivity contribution is 0.790. The van der Waals surface area contributed by atoms with Crippen LogP contribution in [0.5, 0.6) is 0 Å². The molecule has 0 aliphatic carbocycles. The zero-order valence-electron chi connectivity index (χ0n) is 6.41. The lowest BCUT2D eigenvalue weighted by Gasteiger charge is -2.16. The van der Waals surface area contributed by atoms with E-state index in [1.165, 1.54) is 12.6 Å². The molecule has 0 bridgehead atoms. The van der Waals surface area contributed by atoms with E-state index in [2.05, 4.69) is 27.7 Å². The molecule has 8 heavy (non-hydrogen) atoms. The molecule has 1 unspecified atom stereocenters. The Labute approximate surface area is 54.8 Å². The van der Waals surface area contributed by atoms with Crippen LogP contribution < -0.4 is 0 Å². The first-order valence-electron chi connectivity index (χ1n) is 3.31. The molecule has 0 aromatic heterocycles. The molecule has 0 spiro atoms. The summed E-state index contributed by atoms with van der Waals surface area (Å²) in [5, 5.41) is 0.579. The van der Waals surface area contributed by atoms with Crippen molar-refractivity contribution in [2.75, 3.05) is 6.16 Å². The van der Waals surface area contributed by atoms with Crippen LogP contribution in [0.25, 0.3) is 0 Å². The van der Waals surface area contributed by atoms with Crippen molar-refractivity contribution in [1.29, 1.82) is 0 Å². The lowest BCUT2D eigenvalue weighted by Crippen LogP contribution is -2.05. The third-order valence-corrected chi connectivity index (χ3v) is 2.72. The molecule has 0 nitrogen and oxygen atoms in total. The van der Waals surface area contributed by atoms with E-state index in [0.717, 1.165) is 8.58 Å². The topological polar surface area (TPSA) is 0 Å². The van der Waals surface area contributed by atoms with Gasteiger partial charge in [-0.25, -0.2) is 0 Å². The highest BCUT2D eigenvalue weighted by Crippen LogP contribution is 2.30. The Balaban J connectivity index is 3.11. The largest absolute Gasteiger partial charge is 0.117 e. The number of hydrogen-bond acceptors (Lipinski definition) is 0. The molecule has 1 heteroatoms. The third-order valence-electron chi connectivity index (χ3n) is 0.905. The maximum absolute atomic E-state index is 2.31. The van der Waals surface area contributed by atoms with Crippen LogP contribution in [0.4, 0.5) is 0 Å². The van der Waals surface area contributed by atoms with Crippen molar-refractivity contribution < 1.29 is 0 Å². The average molecular weight is 132 g/mol. The molecule has 0 saturated carbocycles. The maximum Gasteiger partial charge on any atom is -0.0207 e. The van der Waals surface area contributed by atoms with Crippen LogP contribution in [0.3, 0.4) is 0 Å². The molecular weight excluding hydrogens is 115 g/mol. The fourth-order valence-corrected chi connectivity index (χ4v) is 1.50. The van der Waals surface area contributed by atoms with E-state index in [9.17, 15) is 0 Å². The quantitative estimate of drug-likeness (QED) is 0.507. The van der Waals surface area contributed by atoms with Gasteiger partial charge in [0.25, 0.3) is 0 Å². The van der Waals surface area contributed by atoms with Crippen LogP contribution >= 0.6 is 8.58 Å². The zero-order valence-corrected chi connectivity index (χ0v) is 7.41. The van der Waals surface area contributed by atoms with Crippen LogP contribution in [0, 0.1) is 0 Å². The van der Waals surface area contributed by atoms with Crippen LogP contribution in [-0.4, -0.2) is 11.3 Å². The molecule has 0 aromatic rings. The summed E-state index contributed by atoms with van der Waals surface area (Å²) in [6.07, 6.45) is 2.75. The van der Waals surface area contributed by atoms with Crippen molar-refractivity contribution in [3.05, 3.63) is 0 Å². The Kier molecular flexibility index (Phi) is 3.64. The van der Waals surface area contributed by atoms with Crippen molar-refractivity contribution in [2.45, 2.75) is 39.3 Å². The fourth-order valence-electron chi connectivity index (χ4n) is 0.500. The molecule has 0 heterocycles. The van der Waals surface area contributed by atoms with Gasteiger partial charge in [0.15, 0.2) is 0 Å². The second-order valence-electron chi connectivity index (χ2n) is 3.18. The molecule has 0 amide bonds. The summed E-state index contributed by atoms with van der Waals surface area (Å²) in [4.78, 5) is 0. The summed E-state index contributed by atoms with van der Waals surface area (Å²) in [5.41, 5.74) is 0. The Hall–Kier alpha value is 0.430. The predicted molar refractivity (Wildman–Crippen MR) is 43.2 cm³/mol. The minimum absolute atomic E-state index is 0.579. The second kappa shape index (κ2) is 3.45. The van der Waals surface area contributed by atoms with Gasteiger partial charge in [0.1, 0.15) is 0 Å². The van der Waals surface area contributed by atoms with E-state index in [1.807, 2.05) is 0 Å². The van der Waals surface area contributed by atoms with Gasteiger partial charge in [0, 0.05) is 0 Å². The summed E-state index contributed by atoms with van der Waals surface area (Å²) in [6, 6.07) is 0. The van der Waals surface area contributed by atoms with E-state index in [-0.39, 0.29) is 0 Å². The highest BCUT2D eigenvalue weighted by atomic mass is 31.1. The van der Waals surface area contributed by atoms with Crippen LogP contribution in [-0.2, 0) is 0 Å². The molecule has 0 fully saturated rings. The molecular formula is C7H17P. The predicted octanol–water partition coefficient (Wildman–Crippen LogP) is 2.87. The second-order valence-corrected chi connectivity index (χ2v) is 5.53. The van der Waals surface area contributed by atoms with Gasteiger partial charge in [-0.2, -0.15) is 0 Å². The van der Waals surface area contributed by atoms with Crippen molar-refractivity contribution >= 4 is 8.58 Å². The van der Waals surface area contributed by atoms with Gasteiger partial charge >= 0.3 is 0 Å². The number of rotatable bonds is 2. The van der Waals surface area contributed by atoms with E-state index in [1.54, 1.807) is 0 Å². The Bertz CT molecular complexity index is 51.9. The van der Waals surface area contributed by atoms with Gasteiger partial charge in [0.2, 0.25) is 0 Å². The van der Waals surface area contributed by atoms with Gasteiger partial charge in [-0.05, 0) is 11.3 Å². The summed E-state index contributed by atoms with van der Waals surface area (Å²) >= 11 is 0. The Morgan fingerprint density at radius 3 is 1.88 bits per heavy atom. The van der Waals surface area contributed by atoms with E-state index < -0.39 is 0 Å². The third kappa shape index (κ3) is 6.43. The first kappa shape index (κ1) is 8.43. The molecule has 1 atom stereocenters. The van der Waals surface area contributed by atoms with Crippen LogP contribution in [0.1, 0.15) is 34.1 Å². The smallest absolute Gasteiger partial charge is 0.0207 e. The van der Waals surface area contributed by atoms with E-state index in [0.29, 0.717) is 5.16 Å². The lowest BCUT2D eigenvalue weighted by atomic mass is 10.3. The molecule has 50 valence electrons. The summed E-state index contributed by atoms with van der Waals surface area (Å²) < 4.78 is 0. The molecule has 0 aliphatic rings. The highest BCUT2D eigenvalue weighted by Gasteiger charge is 2.06. The van der Waals surface area contributed by atoms with E-state index >= 15 is 0 Å². The molecule has 0 aliphatic heterocycles. The van der Waals surface area contributed by atoms with Crippen molar-refractivity contribution in [2.24, 2.45) is 0 Å². The molecule has 0 aromatic carbocycles. The van der Waals surface area contributed by atoms with Crippen LogP contribution in [0.2, 0.25) is 0 Å². The minimum Gasteiger partial charge on any atom is -0.117 e. The van der Waals surface area contributed by atoms with Crippen LogP contribution in [0.15, 0.2) is 0 Å². The molecule has 0 N–H and O–H groups in total. The van der Waals surface area contributed by atoms with Gasteiger partial charge in [-0.1, -0.05) is 34.1 Å². The monoisotopic (exact) mass is 132 g/mol. The summed E-state index contributed by atoms with van der Waals surface area (Å²) in [7, 11) is 1.14. The zero-order chi connectivity index (χ0) is 6.62. The Morgan fingerprint density at radius 2 is 1.75 bits per heavy atom.